The summed E-state index contributed by atoms with van der Waals surface area (Å²) >= 11 is 0. The first-order chi connectivity index (χ1) is 9.54. The van der Waals surface area contributed by atoms with Crippen molar-refractivity contribution in [2.75, 3.05) is 0 Å². The molecule has 1 aliphatic heterocycles. The van der Waals surface area contributed by atoms with Crippen LogP contribution in [0.5, 0.6) is 5.75 Å². The fraction of sp³-hybridized carbons (Fsp3) is 0.250. The van der Waals surface area contributed by atoms with Gasteiger partial charge in [0, 0.05) is 24.1 Å². The summed E-state index contributed by atoms with van der Waals surface area (Å²) in [6.07, 6.45) is 0.190. The van der Waals surface area contributed by atoms with Gasteiger partial charge in [-0.05, 0) is 30.2 Å². The smallest absolute Gasteiger partial charge is 0.127 e. The third-order valence-corrected chi connectivity index (χ3v) is 3.68. The summed E-state index contributed by atoms with van der Waals surface area (Å²) in [4.78, 5) is 0. The van der Waals surface area contributed by atoms with E-state index in [9.17, 15) is 8.78 Å². The molecule has 2 aromatic carbocycles. The lowest BCUT2D eigenvalue weighted by Crippen LogP contribution is -2.24. The van der Waals surface area contributed by atoms with Gasteiger partial charge in [-0.25, -0.2) is 8.78 Å². The van der Waals surface area contributed by atoms with E-state index in [1.165, 1.54) is 18.2 Å². The van der Waals surface area contributed by atoms with Crippen LogP contribution in [0, 0.1) is 18.6 Å². The summed E-state index contributed by atoms with van der Waals surface area (Å²) < 4.78 is 32.7. The third kappa shape index (κ3) is 2.27. The highest BCUT2D eigenvalue weighted by Crippen LogP contribution is 2.40. The first-order valence-corrected chi connectivity index (χ1v) is 6.52. The van der Waals surface area contributed by atoms with Crippen molar-refractivity contribution in [2.24, 2.45) is 5.73 Å². The zero-order chi connectivity index (χ0) is 14.3. The summed E-state index contributed by atoms with van der Waals surface area (Å²) in [5.41, 5.74) is 8.19. The van der Waals surface area contributed by atoms with E-state index in [4.69, 9.17) is 10.5 Å². The zero-order valence-corrected chi connectivity index (χ0v) is 11.1. The molecule has 1 aliphatic rings. The summed E-state index contributed by atoms with van der Waals surface area (Å²) in [6, 6.07) is 9.08. The fourth-order valence-electron chi connectivity index (χ4n) is 2.49. The van der Waals surface area contributed by atoms with E-state index in [0.717, 1.165) is 11.1 Å². The average Bonchev–Trinajstić information content (AvgIpc) is 2.41. The van der Waals surface area contributed by atoms with Gasteiger partial charge in [0.15, 0.2) is 0 Å². The quantitative estimate of drug-likeness (QED) is 0.859. The second-order valence-electron chi connectivity index (χ2n) is 5.14. The highest BCUT2D eigenvalue weighted by atomic mass is 19.1. The number of hydrogen-bond acceptors (Lipinski definition) is 2. The predicted octanol–water partition coefficient (Wildman–Crippen LogP) is 3.80. The van der Waals surface area contributed by atoms with Crippen LogP contribution in [0.15, 0.2) is 36.4 Å². The van der Waals surface area contributed by atoms with Crippen LogP contribution in [0.25, 0.3) is 0 Å². The molecule has 0 bridgehead atoms. The SMILES string of the molecule is Cc1ccc(C2C[C@@H](N)c3ccc(F)cc3O2)cc1F. The van der Waals surface area contributed by atoms with E-state index in [2.05, 4.69) is 0 Å². The Morgan fingerprint density at radius 2 is 1.95 bits per heavy atom. The van der Waals surface area contributed by atoms with Crippen molar-refractivity contribution in [3.8, 4) is 5.75 Å². The maximum absolute atomic E-state index is 13.6. The monoisotopic (exact) mass is 275 g/mol. The number of rotatable bonds is 1. The van der Waals surface area contributed by atoms with Gasteiger partial charge < -0.3 is 10.5 Å². The molecule has 1 unspecified atom stereocenters. The number of benzene rings is 2. The Hall–Kier alpha value is -1.94. The molecule has 0 fully saturated rings. The molecule has 0 saturated heterocycles. The minimum Gasteiger partial charge on any atom is -0.485 e. The standard InChI is InChI=1S/C16H15F2NO/c1-9-2-3-10(6-13(9)18)15-8-14(19)12-5-4-11(17)7-16(12)20-15/h2-7,14-15H,8,19H2,1H3/t14-,15?/m1/s1. The average molecular weight is 275 g/mol. The minimum atomic E-state index is -0.369. The van der Waals surface area contributed by atoms with Gasteiger partial charge >= 0.3 is 0 Å². The normalized spacial score (nSPS) is 21.2. The first-order valence-electron chi connectivity index (χ1n) is 6.52. The lowest BCUT2D eigenvalue weighted by Gasteiger charge is -2.30. The van der Waals surface area contributed by atoms with E-state index in [1.807, 2.05) is 6.07 Å². The Balaban J connectivity index is 1.96. The van der Waals surface area contributed by atoms with Gasteiger partial charge in [-0.1, -0.05) is 18.2 Å². The van der Waals surface area contributed by atoms with Crippen LogP contribution in [0.1, 0.15) is 35.3 Å². The Bertz CT molecular complexity index is 657. The highest BCUT2D eigenvalue weighted by Gasteiger charge is 2.27. The van der Waals surface area contributed by atoms with Crippen molar-refractivity contribution in [3.63, 3.8) is 0 Å². The molecule has 0 aromatic heterocycles. The van der Waals surface area contributed by atoms with Gasteiger partial charge in [0.1, 0.15) is 23.5 Å². The molecule has 2 nitrogen and oxygen atoms in total. The topological polar surface area (TPSA) is 35.2 Å². The third-order valence-electron chi connectivity index (χ3n) is 3.68. The van der Waals surface area contributed by atoms with Crippen LogP contribution in [0.2, 0.25) is 0 Å². The maximum atomic E-state index is 13.6. The van der Waals surface area contributed by atoms with Gasteiger partial charge in [-0.3, -0.25) is 0 Å². The lowest BCUT2D eigenvalue weighted by molar-refractivity contribution is 0.160. The molecular weight excluding hydrogens is 260 g/mol. The van der Waals surface area contributed by atoms with Gasteiger partial charge in [0.25, 0.3) is 0 Å². The number of ether oxygens (including phenoxy) is 1. The van der Waals surface area contributed by atoms with Crippen molar-refractivity contribution < 1.29 is 13.5 Å². The number of aryl methyl sites for hydroxylation is 1. The molecule has 0 spiro atoms. The first kappa shape index (κ1) is 13.1. The Morgan fingerprint density at radius 3 is 2.70 bits per heavy atom. The molecule has 2 atom stereocenters. The number of hydrogen-bond donors (Lipinski definition) is 1. The van der Waals surface area contributed by atoms with E-state index < -0.39 is 0 Å². The van der Waals surface area contributed by atoms with Crippen molar-refractivity contribution in [2.45, 2.75) is 25.5 Å². The second kappa shape index (κ2) is 4.87. The van der Waals surface area contributed by atoms with Gasteiger partial charge in [0.05, 0.1) is 0 Å². The molecule has 1 heterocycles. The number of fused-ring (bicyclic) bond motifs is 1. The summed E-state index contributed by atoms with van der Waals surface area (Å²) in [5, 5.41) is 0. The summed E-state index contributed by atoms with van der Waals surface area (Å²) in [6.45, 7) is 1.71. The molecule has 0 saturated carbocycles. The van der Waals surface area contributed by atoms with Crippen LogP contribution in [-0.4, -0.2) is 0 Å². The van der Waals surface area contributed by atoms with Gasteiger partial charge in [0.2, 0.25) is 0 Å². The molecule has 0 aliphatic carbocycles. The second-order valence-corrected chi connectivity index (χ2v) is 5.14. The van der Waals surface area contributed by atoms with Crippen molar-refractivity contribution >= 4 is 0 Å². The Labute approximate surface area is 116 Å². The molecule has 20 heavy (non-hydrogen) atoms. The molecule has 4 heteroatoms. The van der Waals surface area contributed by atoms with Crippen molar-refractivity contribution in [1.29, 1.82) is 0 Å². The van der Waals surface area contributed by atoms with Crippen LogP contribution in [0.3, 0.4) is 0 Å². The van der Waals surface area contributed by atoms with E-state index in [0.29, 0.717) is 17.7 Å². The predicted molar refractivity (Wildman–Crippen MR) is 72.5 cm³/mol. The number of nitrogens with two attached hydrogens (primary N) is 1. The van der Waals surface area contributed by atoms with Crippen LogP contribution in [-0.2, 0) is 0 Å². The van der Waals surface area contributed by atoms with E-state index >= 15 is 0 Å². The minimum absolute atomic E-state index is 0.242. The molecule has 3 rings (SSSR count). The largest absolute Gasteiger partial charge is 0.485 e. The Morgan fingerprint density at radius 1 is 1.15 bits per heavy atom. The summed E-state index contributed by atoms with van der Waals surface area (Å²) in [5.74, 6) is -0.203. The number of halogens is 2. The molecule has 0 amide bonds. The molecule has 2 aromatic rings. The van der Waals surface area contributed by atoms with Gasteiger partial charge in [-0.2, -0.15) is 0 Å². The van der Waals surface area contributed by atoms with Crippen molar-refractivity contribution in [1.82, 2.24) is 0 Å². The Kier molecular flexibility index (Phi) is 3.18. The lowest BCUT2D eigenvalue weighted by atomic mass is 9.93. The van der Waals surface area contributed by atoms with Crippen LogP contribution < -0.4 is 10.5 Å². The van der Waals surface area contributed by atoms with Gasteiger partial charge in [-0.15, -0.1) is 0 Å². The molecule has 104 valence electrons. The molecule has 0 radical (unpaired) electrons. The van der Waals surface area contributed by atoms with Crippen LogP contribution in [0.4, 0.5) is 8.78 Å². The van der Waals surface area contributed by atoms with Crippen LogP contribution >= 0.6 is 0 Å². The molecular formula is C16H15F2NO. The van der Waals surface area contributed by atoms with E-state index in [1.54, 1.807) is 19.1 Å². The van der Waals surface area contributed by atoms with Crippen molar-refractivity contribution in [3.05, 3.63) is 64.7 Å². The highest BCUT2D eigenvalue weighted by molar-refractivity contribution is 5.40. The van der Waals surface area contributed by atoms with E-state index in [-0.39, 0.29) is 23.8 Å². The fourth-order valence-corrected chi connectivity index (χ4v) is 2.49. The maximum Gasteiger partial charge on any atom is 0.127 e. The zero-order valence-electron chi connectivity index (χ0n) is 11.1. The molecule has 2 N–H and O–H groups in total. The summed E-state index contributed by atoms with van der Waals surface area (Å²) in [7, 11) is 0.